The van der Waals surface area contributed by atoms with Crippen LogP contribution in [0, 0.1) is 11.8 Å². The number of para-hydroxylation sites is 1. The van der Waals surface area contributed by atoms with E-state index in [0.29, 0.717) is 25.6 Å². The Morgan fingerprint density at radius 3 is 2.58 bits per heavy atom. The summed E-state index contributed by atoms with van der Waals surface area (Å²) in [5.74, 6) is 0.734. The molecule has 5 heteroatoms. The van der Waals surface area contributed by atoms with Crippen molar-refractivity contribution in [1.29, 1.82) is 0 Å². The molecule has 2 atom stereocenters. The van der Waals surface area contributed by atoms with Gasteiger partial charge in [0.2, 0.25) is 11.8 Å². The summed E-state index contributed by atoms with van der Waals surface area (Å²) in [5.41, 5.74) is 8.29. The Kier molecular flexibility index (Phi) is 4.74. The van der Waals surface area contributed by atoms with E-state index in [9.17, 15) is 9.59 Å². The van der Waals surface area contributed by atoms with Crippen molar-refractivity contribution in [2.24, 2.45) is 17.6 Å². The Hall–Kier alpha value is -1.88. The van der Waals surface area contributed by atoms with E-state index < -0.39 is 0 Å². The van der Waals surface area contributed by atoms with E-state index in [1.165, 1.54) is 12.8 Å². The summed E-state index contributed by atoms with van der Waals surface area (Å²) in [7, 11) is 0. The molecule has 1 aromatic rings. The van der Waals surface area contributed by atoms with Crippen LogP contribution in [0.3, 0.4) is 0 Å². The van der Waals surface area contributed by atoms with Crippen LogP contribution in [0.4, 0.5) is 5.69 Å². The van der Waals surface area contributed by atoms with E-state index in [1.54, 1.807) is 0 Å². The summed E-state index contributed by atoms with van der Waals surface area (Å²) in [4.78, 5) is 29.6. The highest BCUT2D eigenvalue weighted by Gasteiger charge is 2.41. The number of nitrogens with zero attached hydrogens (tertiary/aromatic N) is 2. The summed E-state index contributed by atoms with van der Waals surface area (Å²) < 4.78 is 0. The molecule has 3 aliphatic rings. The van der Waals surface area contributed by atoms with Crippen LogP contribution in [0.2, 0.25) is 0 Å². The quantitative estimate of drug-likeness (QED) is 0.885. The molecule has 1 aliphatic carbocycles. The molecule has 2 fully saturated rings. The van der Waals surface area contributed by atoms with Gasteiger partial charge in [-0.1, -0.05) is 25.1 Å². The van der Waals surface area contributed by atoms with Gasteiger partial charge >= 0.3 is 0 Å². The summed E-state index contributed by atoms with van der Waals surface area (Å²) in [6, 6.07) is 8.28. The second kappa shape index (κ2) is 7.03. The maximum Gasteiger partial charge on any atom is 0.232 e. The first-order valence-corrected chi connectivity index (χ1v) is 9.97. The Labute approximate surface area is 155 Å². The van der Waals surface area contributed by atoms with Crippen molar-refractivity contribution < 1.29 is 9.59 Å². The van der Waals surface area contributed by atoms with Crippen LogP contribution in [0.1, 0.15) is 44.6 Å². The maximum absolute atomic E-state index is 13.2. The fourth-order valence-electron chi connectivity index (χ4n) is 4.86. The molecular formula is C21H29N3O2. The number of fused-ring (bicyclic) bond motifs is 1. The lowest BCUT2D eigenvalue weighted by atomic mass is 9.86. The van der Waals surface area contributed by atoms with Gasteiger partial charge in [-0.3, -0.25) is 9.59 Å². The smallest absolute Gasteiger partial charge is 0.232 e. The molecule has 1 saturated heterocycles. The first-order valence-electron chi connectivity index (χ1n) is 9.97. The average Bonchev–Trinajstić information content (AvgIpc) is 3.03. The van der Waals surface area contributed by atoms with Gasteiger partial charge in [-0.25, -0.2) is 0 Å². The van der Waals surface area contributed by atoms with Gasteiger partial charge in [0.05, 0.1) is 5.92 Å². The molecule has 26 heavy (non-hydrogen) atoms. The fourth-order valence-corrected chi connectivity index (χ4v) is 4.86. The Bertz CT molecular complexity index is 696. The van der Waals surface area contributed by atoms with Gasteiger partial charge in [0.25, 0.3) is 0 Å². The topological polar surface area (TPSA) is 66.6 Å². The summed E-state index contributed by atoms with van der Waals surface area (Å²) >= 11 is 0. The van der Waals surface area contributed by atoms with Crippen molar-refractivity contribution in [3.05, 3.63) is 29.8 Å². The molecule has 2 aliphatic heterocycles. The lowest BCUT2D eigenvalue weighted by molar-refractivity contribution is -0.130. The molecule has 0 radical (unpaired) electrons. The minimum Gasteiger partial charge on any atom is -0.339 e. The van der Waals surface area contributed by atoms with E-state index in [-0.39, 0.29) is 23.8 Å². The molecular weight excluding hydrogens is 326 g/mol. The molecule has 140 valence electrons. The highest BCUT2D eigenvalue weighted by Crippen LogP contribution is 2.34. The molecule has 0 spiro atoms. The molecule has 4 rings (SSSR count). The van der Waals surface area contributed by atoms with Crippen molar-refractivity contribution >= 4 is 17.5 Å². The first kappa shape index (κ1) is 17.5. The lowest BCUT2D eigenvalue weighted by Gasteiger charge is -2.35. The van der Waals surface area contributed by atoms with Crippen molar-refractivity contribution in [3.8, 4) is 0 Å². The standard InChI is InChI=1S/C21H29N3O2/c1-14-6-8-18(9-7-14)23-12-16(11-20(23)25)21(26)24-13-17(22)10-15-4-2-3-5-19(15)24/h2-5,14,16-18H,6-13,22H2,1H3. The molecule has 2 N–H and O–H groups in total. The van der Waals surface area contributed by atoms with Crippen LogP contribution in [-0.4, -0.2) is 41.9 Å². The molecule has 2 heterocycles. The maximum atomic E-state index is 13.2. The van der Waals surface area contributed by atoms with Gasteiger partial charge in [-0.15, -0.1) is 0 Å². The van der Waals surface area contributed by atoms with Gasteiger partial charge in [0, 0.05) is 37.3 Å². The summed E-state index contributed by atoms with van der Waals surface area (Å²) in [6.45, 7) is 3.40. The predicted octanol–water partition coefficient (Wildman–Crippen LogP) is 2.33. The molecule has 2 amide bonds. The molecule has 1 aromatic carbocycles. The number of amides is 2. The Morgan fingerprint density at radius 2 is 1.81 bits per heavy atom. The number of anilines is 1. The number of benzene rings is 1. The van der Waals surface area contributed by atoms with Gasteiger partial charge in [-0.05, 0) is 49.7 Å². The third kappa shape index (κ3) is 3.25. The largest absolute Gasteiger partial charge is 0.339 e. The van der Waals surface area contributed by atoms with Crippen molar-refractivity contribution in [2.45, 2.75) is 57.5 Å². The van der Waals surface area contributed by atoms with Gasteiger partial charge in [0.1, 0.15) is 0 Å². The number of likely N-dealkylation sites (tertiary alicyclic amines) is 1. The SMILES string of the molecule is CC1CCC(N2CC(C(=O)N3CC(N)Cc4ccccc43)CC2=O)CC1. The molecule has 5 nitrogen and oxygen atoms in total. The molecule has 1 saturated carbocycles. The van der Waals surface area contributed by atoms with Gasteiger partial charge in [-0.2, -0.15) is 0 Å². The molecule has 2 unspecified atom stereocenters. The first-order chi connectivity index (χ1) is 12.5. The van der Waals surface area contributed by atoms with Crippen molar-refractivity contribution in [3.63, 3.8) is 0 Å². The average molecular weight is 355 g/mol. The highest BCUT2D eigenvalue weighted by atomic mass is 16.2. The van der Waals surface area contributed by atoms with Gasteiger partial charge in [0.15, 0.2) is 0 Å². The zero-order chi connectivity index (χ0) is 18.3. The highest BCUT2D eigenvalue weighted by molar-refractivity contribution is 6.00. The number of hydrogen-bond acceptors (Lipinski definition) is 3. The lowest BCUT2D eigenvalue weighted by Crippen LogP contribution is -2.49. The Balaban J connectivity index is 1.48. The van der Waals surface area contributed by atoms with Crippen LogP contribution in [0.5, 0.6) is 0 Å². The zero-order valence-electron chi connectivity index (χ0n) is 15.6. The fraction of sp³-hybridized carbons (Fsp3) is 0.619. The van der Waals surface area contributed by atoms with E-state index in [4.69, 9.17) is 5.73 Å². The van der Waals surface area contributed by atoms with Crippen LogP contribution in [0.15, 0.2) is 24.3 Å². The minimum absolute atomic E-state index is 0.0399. The zero-order valence-corrected chi connectivity index (χ0v) is 15.6. The minimum atomic E-state index is -0.236. The van der Waals surface area contributed by atoms with Crippen LogP contribution >= 0.6 is 0 Å². The van der Waals surface area contributed by atoms with Crippen molar-refractivity contribution in [2.75, 3.05) is 18.0 Å². The third-order valence-corrected chi connectivity index (χ3v) is 6.38. The second-order valence-electron chi connectivity index (χ2n) is 8.40. The molecule has 0 aromatic heterocycles. The van der Waals surface area contributed by atoms with Crippen LogP contribution in [-0.2, 0) is 16.0 Å². The van der Waals surface area contributed by atoms with Crippen molar-refractivity contribution in [1.82, 2.24) is 4.90 Å². The van der Waals surface area contributed by atoms with E-state index in [2.05, 4.69) is 6.92 Å². The number of nitrogens with two attached hydrogens (primary N) is 1. The number of hydrogen-bond donors (Lipinski definition) is 1. The number of carbonyl (C=O) groups excluding carboxylic acids is 2. The normalized spacial score (nSPS) is 31.8. The van der Waals surface area contributed by atoms with Crippen LogP contribution < -0.4 is 10.6 Å². The van der Waals surface area contributed by atoms with E-state index in [1.807, 2.05) is 34.1 Å². The Morgan fingerprint density at radius 1 is 1.08 bits per heavy atom. The summed E-state index contributed by atoms with van der Waals surface area (Å²) in [6.07, 6.45) is 5.66. The monoisotopic (exact) mass is 355 g/mol. The number of rotatable bonds is 2. The third-order valence-electron chi connectivity index (χ3n) is 6.38. The second-order valence-corrected chi connectivity index (χ2v) is 8.40. The number of carbonyl (C=O) groups is 2. The van der Waals surface area contributed by atoms with Crippen LogP contribution in [0.25, 0.3) is 0 Å². The van der Waals surface area contributed by atoms with Gasteiger partial charge < -0.3 is 15.5 Å². The summed E-state index contributed by atoms with van der Waals surface area (Å²) in [5, 5.41) is 0. The van der Waals surface area contributed by atoms with E-state index >= 15 is 0 Å². The van der Waals surface area contributed by atoms with E-state index in [0.717, 1.165) is 36.4 Å². The predicted molar refractivity (Wildman–Crippen MR) is 102 cm³/mol. The molecule has 0 bridgehead atoms.